The topological polar surface area (TPSA) is 101 Å². The van der Waals surface area contributed by atoms with Gasteiger partial charge in [-0.3, -0.25) is 4.79 Å². The molecule has 6 heteroatoms. The van der Waals surface area contributed by atoms with E-state index in [0.717, 1.165) is 0 Å². The molecule has 0 aliphatic rings. The third-order valence-electron chi connectivity index (χ3n) is 0.348. The predicted molar refractivity (Wildman–Crippen MR) is 31.5 cm³/mol. The number of hydrogen-bond donors (Lipinski definition) is 3. The average Bonchev–Trinajstić information content (AvgIpc) is 1.65. The molecule has 0 aromatic rings. The van der Waals surface area contributed by atoms with Gasteiger partial charge in [-0.1, -0.05) is 6.92 Å². The van der Waals surface area contributed by atoms with Crippen LogP contribution in [0.5, 0.6) is 0 Å². The Balaban J connectivity index is 0. The van der Waals surface area contributed by atoms with Crippen molar-refractivity contribution in [3.63, 3.8) is 0 Å². The van der Waals surface area contributed by atoms with Crippen molar-refractivity contribution in [2.75, 3.05) is 0 Å². The Morgan fingerprint density at radius 1 is 1.67 bits per heavy atom. The Morgan fingerprint density at radius 3 is 1.78 bits per heavy atom. The Morgan fingerprint density at radius 2 is 1.78 bits per heavy atom. The van der Waals surface area contributed by atoms with E-state index in [1.165, 1.54) is 0 Å². The van der Waals surface area contributed by atoms with Crippen molar-refractivity contribution in [1.29, 1.82) is 0 Å². The van der Waals surface area contributed by atoms with E-state index in [9.17, 15) is 4.79 Å². The molecule has 0 aliphatic heterocycles. The summed E-state index contributed by atoms with van der Waals surface area (Å²) in [5.41, 5.74) is 4.65. The minimum Gasteiger partial charge on any atom is -0.370 e. The van der Waals surface area contributed by atoms with Gasteiger partial charge in [0.2, 0.25) is 5.91 Å². The second-order valence-electron chi connectivity index (χ2n) is 1.07. The molecule has 0 aromatic carbocycles. The number of primary amides is 1. The van der Waals surface area contributed by atoms with Gasteiger partial charge in [0, 0.05) is 11.0 Å². The molecule has 0 saturated carbocycles. The first-order valence-corrected chi connectivity index (χ1v) is 3.30. The maximum absolute atomic E-state index is 9.59. The predicted octanol–water partition coefficient (Wildman–Crippen LogP) is -0.490. The molecule has 0 atom stereocenters. The van der Waals surface area contributed by atoms with Gasteiger partial charge in [-0.05, 0) is 0 Å². The van der Waals surface area contributed by atoms with Crippen LogP contribution in [0.3, 0.4) is 0 Å². The minimum absolute atomic E-state index is 0.245. The Labute approximate surface area is 53.4 Å². The Kier molecular flexibility index (Phi) is 9.41. The fourth-order valence-electron chi connectivity index (χ4n) is 0. The largest absolute Gasteiger partial charge is 0.692 e. The molecule has 1 amide bonds. The van der Waals surface area contributed by atoms with Crippen LogP contribution in [0.1, 0.15) is 13.3 Å². The lowest BCUT2D eigenvalue weighted by Crippen LogP contribution is -2.06. The molecular weight excluding hydrogens is 145 g/mol. The summed E-state index contributed by atoms with van der Waals surface area (Å²) >= 11 is 0. The van der Waals surface area contributed by atoms with E-state index in [1.54, 1.807) is 6.92 Å². The van der Waals surface area contributed by atoms with Gasteiger partial charge in [-0.15, -0.1) is 9.79 Å². The summed E-state index contributed by atoms with van der Waals surface area (Å²) in [6.45, 7) is 1.72. The van der Waals surface area contributed by atoms with Gasteiger partial charge in [0.1, 0.15) is 0 Å². The molecule has 0 aliphatic carbocycles. The molecule has 0 rings (SSSR count). The zero-order chi connectivity index (χ0) is 7.86. The molecule has 0 unspecified atom stereocenters. The van der Waals surface area contributed by atoms with Crippen molar-refractivity contribution >= 4 is 14.2 Å². The zero-order valence-electron chi connectivity index (χ0n) is 4.94. The van der Waals surface area contributed by atoms with Crippen molar-refractivity contribution in [2.45, 2.75) is 13.3 Å². The standard InChI is InChI=1S/C3H7NO.HO3P/c1-2-3(4)5;1-4(2)3/h2H2,1H3,(H2,4,5);(H-,1,2,3)/p+1. The van der Waals surface area contributed by atoms with E-state index < -0.39 is 8.25 Å². The van der Waals surface area contributed by atoms with E-state index in [2.05, 4.69) is 5.73 Å². The quantitative estimate of drug-likeness (QED) is 0.443. The molecule has 0 radical (unpaired) electrons. The van der Waals surface area contributed by atoms with Gasteiger partial charge in [0.15, 0.2) is 0 Å². The van der Waals surface area contributed by atoms with E-state index >= 15 is 0 Å². The number of carbonyl (C=O) groups is 1. The fourth-order valence-corrected chi connectivity index (χ4v) is 0. The van der Waals surface area contributed by atoms with Gasteiger partial charge in [0.25, 0.3) is 0 Å². The van der Waals surface area contributed by atoms with Gasteiger partial charge < -0.3 is 5.73 Å². The Hall–Kier alpha value is -0.510. The summed E-state index contributed by atoms with van der Waals surface area (Å²) in [6.07, 6.45) is 0.444. The van der Waals surface area contributed by atoms with Crippen LogP contribution < -0.4 is 5.73 Å². The van der Waals surface area contributed by atoms with Crippen LogP contribution in [0.2, 0.25) is 0 Å². The maximum Gasteiger partial charge on any atom is 0.692 e. The summed E-state index contributed by atoms with van der Waals surface area (Å²) < 4.78 is 8.70. The summed E-state index contributed by atoms with van der Waals surface area (Å²) in [6, 6.07) is 0. The molecule has 0 spiro atoms. The molecular formula is C3H9NO4P+. The van der Waals surface area contributed by atoms with E-state index in [0.29, 0.717) is 6.42 Å². The minimum atomic E-state index is -2.87. The third kappa shape index (κ3) is 102. The van der Waals surface area contributed by atoms with Crippen LogP contribution in [-0.4, -0.2) is 15.7 Å². The smallest absolute Gasteiger partial charge is 0.370 e. The average molecular weight is 154 g/mol. The van der Waals surface area contributed by atoms with Crippen LogP contribution in [0.15, 0.2) is 0 Å². The number of amides is 1. The summed E-state index contributed by atoms with van der Waals surface area (Å²) in [7, 11) is -2.87. The molecule has 0 aromatic heterocycles. The first-order valence-electron chi connectivity index (χ1n) is 2.14. The molecule has 54 valence electrons. The lowest BCUT2D eigenvalue weighted by atomic mass is 10.5. The molecule has 4 N–H and O–H groups in total. The van der Waals surface area contributed by atoms with E-state index in [1.807, 2.05) is 0 Å². The van der Waals surface area contributed by atoms with Crippen molar-refractivity contribution in [3.05, 3.63) is 0 Å². The lowest BCUT2D eigenvalue weighted by Gasteiger charge is -1.73. The van der Waals surface area contributed by atoms with Crippen LogP contribution in [0, 0.1) is 0 Å². The normalized spacial score (nSPS) is 7.00. The van der Waals surface area contributed by atoms with Crippen LogP contribution in [0.25, 0.3) is 0 Å². The number of hydrogen-bond acceptors (Lipinski definition) is 2. The van der Waals surface area contributed by atoms with E-state index in [4.69, 9.17) is 14.4 Å². The fraction of sp³-hybridized carbons (Fsp3) is 0.667. The molecule has 5 nitrogen and oxygen atoms in total. The van der Waals surface area contributed by atoms with Gasteiger partial charge >= 0.3 is 8.25 Å². The molecule has 9 heavy (non-hydrogen) atoms. The second kappa shape index (κ2) is 7.49. The lowest BCUT2D eigenvalue weighted by molar-refractivity contribution is -0.117. The third-order valence-corrected chi connectivity index (χ3v) is 0.348. The highest BCUT2D eigenvalue weighted by molar-refractivity contribution is 7.30. The number of carbonyl (C=O) groups excluding carboxylic acids is 1. The monoisotopic (exact) mass is 154 g/mol. The first-order chi connectivity index (χ1) is 4.00. The van der Waals surface area contributed by atoms with Crippen molar-refractivity contribution < 1.29 is 19.1 Å². The van der Waals surface area contributed by atoms with Gasteiger partial charge in [-0.25, -0.2) is 0 Å². The zero-order valence-corrected chi connectivity index (χ0v) is 5.84. The molecule has 0 heterocycles. The highest BCUT2D eigenvalue weighted by Gasteiger charge is 1.93. The Bertz CT molecular complexity index is 100.0. The summed E-state index contributed by atoms with van der Waals surface area (Å²) in [5, 5.41) is 0. The maximum atomic E-state index is 9.59. The molecule has 0 bridgehead atoms. The van der Waals surface area contributed by atoms with Crippen molar-refractivity contribution in [1.82, 2.24) is 0 Å². The van der Waals surface area contributed by atoms with Gasteiger partial charge in [-0.2, -0.15) is 0 Å². The molecule has 0 saturated heterocycles. The first kappa shape index (κ1) is 11.3. The van der Waals surface area contributed by atoms with Crippen LogP contribution in [-0.2, 0) is 9.36 Å². The van der Waals surface area contributed by atoms with E-state index in [-0.39, 0.29) is 5.91 Å². The van der Waals surface area contributed by atoms with Crippen molar-refractivity contribution in [2.24, 2.45) is 5.73 Å². The van der Waals surface area contributed by atoms with Crippen molar-refractivity contribution in [3.8, 4) is 0 Å². The van der Waals surface area contributed by atoms with Crippen LogP contribution in [0.4, 0.5) is 0 Å². The number of rotatable bonds is 1. The van der Waals surface area contributed by atoms with Gasteiger partial charge in [0.05, 0.1) is 0 Å². The summed E-state index contributed by atoms with van der Waals surface area (Å²) in [4.78, 5) is 23.8. The highest BCUT2D eigenvalue weighted by Crippen LogP contribution is 1.98. The second-order valence-corrected chi connectivity index (χ2v) is 1.58. The van der Waals surface area contributed by atoms with Crippen LogP contribution >= 0.6 is 8.25 Å². The highest BCUT2D eigenvalue weighted by atomic mass is 31.1. The molecule has 0 fully saturated rings. The summed E-state index contributed by atoms with van der Waals surface area (Å²) in [5.74, 6) is -0.245. The number of nitrogens with two attached hydrogens (primary N) is 1. The SMILES string of the molecule is CCC(N)=O.O=[P+](O)O.